The lowest BCUT2D eigenvalue weighted by Crippen LogP contribution is -2.28. The Kier molecular flexibility index (Phi) is 16.0. The molecule has 0 fully saturated rings. The molecule has 0 atom stereocenters. The zero-order valence-corrected chi connectivity index (χ0v) is 58.8. The molecule has 0 saturated heterocycles. The highest BCUT2D eigenvalue weighted by atomic mass is 15.2. The maximum atomic E-state index is 2.56. The van der Waals surface area contributed by atoms with Crippen LogP contribution < -0.4 is 9.80 Å². The van der Waals surface area contributed by atoms with Crippen molar-refractivity contribution in [2.75, 3.05) is 9.80 Å². The Morgan fingerprint density at radius 1 is 0.183 bits per heavy atom. The van der Waals surface area contributed by atoms with Crippen LogP contribution in [0.25, 0.3) is 77.9 Å². The van der Waals surface area contributed by atoms with Gasteiger partial charge >= 0.3 is 0 Å². The molecule has 0 bridgehead atoms. The van der Waals surface area contributed by atoms with E-state index in [9.17, 15) is 0 Å². The van der Waals surface area contributed by atoms with Gasteiger partial charge in [-0.3, -0.25) is 0 Å². The number of fused-ring (bicyclic) bond motifs is 6. The van der Waals surface area contributed by atoms with E-state index in [0.29, 0.717) is 0 Å². The fourth-order valence-electron chi connectivity index (χ4n) is 17.4. The molecule has 2 nitrogen and oxygen atoms in total. The third kappa shape index (κ3) is 10.5. The second-order valence-corrected chi connectivity index (χ2v) is 28.0. The highest BCUT2D eigenvalue weighted by molar-refractivity contribution is 5.97. The third-order valence-corrected chi connectivity index (χ3v) is 22.1. The average Bonchev–Trinajstić information content (AvgIpc) is 1.54. The summed E-state index contributed by atoms with van der Waals surface area (Å²) in [5.74, 6) is 0. The molecule has 104 heavy (non-hydrogen) atoms. The van der Waals surface area contributed by atoms with Crippen LogP contribution in [0.15, 0.2) is 388 Å². The molecule has 0 aliphatic heterocycles. The van der Waals surface area contributed by atoms with Gasteiger partial charge in [0, 0.05) is 33.9 Å². The molecular formula is C102H76N2. The lowest BCUT2D eigenvalue weighted by molar-refractivity contribution is 0.768. The minimum atomic E-state index is -0.591. The van der Waals surface area contributed by atoms with Crippen molar-refractivity contribution in [1.82, 2.24) is 0 Å². The number of anilines is 6. The third-order valence-electron chi connectivity index (χ3n) is 22.1. The monoisotopic (exact) mass is 1330 g/mol. The maximum absolute atomic E-state index is 2.56. The van der Waals surface area contributed by atoms with Gasteiger partial charge < -0.3 is 9.80 Å². The molecule has 494 valence electrons. The summed E-state index contributed by atoms with van der Waals surface area (Å²) in [5, 5.41) is 0. The molecule has 0 heterocycles. The summed E-state index contributed by atoms with van der Waals surface area (Å²) in [4.78, 5) is 5.11. The van der Waals surface area contributed by atoms with E-state index >= 15 is 0 Å². The van der Waals surface area contributed by atoms with Gasteiger partial charge in [-0.05, 0) is 210 Å². The van der Waals surface area contributed by atoms with Crippen molar-refractivity contribution < 1.29 is 0 Å². The van der Waals surface area contributed by atoms with E-state index in [2.05, 4.69) is 426 Å². The molecule has 0 unspecified atom stereocenters. The van der Waals surface area contributed by atoms with Gasteiger partial charge in [0.05, 0.1) is 22.2 Å². The zero-order chi connectivity index (χ0) is 69.9. The predicted octanol–water partition coefficient (Wildman–Crippen LogP) is 26.9. The zero-order valence-electron chi connectivity index (χ0n) is 58.8. The summed E-state index contributed by atoms with van der Waals surface area (Å²) in [6.07, 6.45) is 0. The van der Waals surface area contributed by atoms with E-state index in [-0.39, 0.29) is 0 Å². The predicted molar refractivity (Wildman–Crippen MR) is 437 cm³/mol. The van der Waals surface area contributed by atoms with E-state index in [1.165, 1.54) is 100 Å². The molecule has 0 radical (unpaired) electrons. The minimum Gasteiger partial charge on any atom is -0.309 e. The van der Waals surface area contributed by atoms with E-state index in [4.69, 9.17) is 0 Å². The van der Waals surface area contributed by atoms with Crippen LogP contribution >= 0.6 is 0 Å². The quantitative estimate of drug-likeness (QED) is 0.101. The first-order chi connectivity index (χ1) is 51.2. The summed E-state index contributed by atoms with van der Waals surface area (Å²) in [6.45, 7) is 9.14. The summed E-state index contributed by atoms with van der Waals surface area (Å²) in [6, 6.07) is 145. The van der Waals surface area contributed by atoms with Crippen LogP contribution in [0.5, 0.6) is 0 Å². The van der Waals surface area contributed by atoms with Crippen LogP contribution in [-0.2, 0) is 10.8 Å². The first-order valence-electron chi connectivity index (χ1n) is 36.3. The van der Waals surface area contributed by atoms with Gasteiger partial charge in [-0.1, -0.05) is 340 Å². The van der Waals surface area contributed by atoms with Gasteiger partial charge in [-0.2, -0.15) is 0 Å². The Bertz CT molecular complexity index is 5420. The highest BCUT2D eigenvalue weighted by Crippen LogP contribution is 2.60. The number of hydrogen-bond donors (Lipinski definition) is 0. The standard InChI is InChI=1S/C102H76N2/c1-69-29-27-45-87(77-53-49-75(50-54-77)73-31-11-5-12-32-73)99(69)103(85-59-61-91-89-43-23-25-47-93(89)101(95(91)67-85,81-35-15-7-16-36-81)82-37-17-8-18-38-82)97-63-57-79(65-71(97)3)80-58-64-98(72(4)66-80)104(100-70(2)30-28-46-88(100)78-55-51-76(52-56-78)74-33-13-6-14-34-74)86-60-62-92-90-44-24-26-48-94(90)102(96(92)68-86,83-39-19-9-20-40-83)84-41-21-10-22-42-84/h5-68H,1-4H3. The molecule has 0 aromatic heterocycles. The Morgan fingerprint density at radius 3 is 0.808 bits per heavy atom. The molecule has 0 spiro atoms. The number of rotatable bonds is 15. The van der Waals surface area contributed by atoms with Gasteiger partial charge in [0.1, 0.15) is 0 Å². The Hall–Kier alpha value is -12.9. The van der Waals surface area contributed by atoms with Crippen molar-refractivity contribution in [2.24, 2.45) is 0 Å². The highest BCUT2D eigenvalue weighted by Gasteiger charge is 2.48. The second-order valence-electron chi connectivity index (χ2n) is 28.0. The Labute approximate surface area is 611 Å². The fraction of sp³-hybridized carbons (Fsp3) is 0.0588. The molecule has 0 saturated carbocycles. The normalized spacial score (nSPS) is 12.8. The molecule has 16 aromatic rings. The Morgan fingerprint density at radius 2 is 0.462 bits per heavy atom. The van der Waals surface area contributed by atoms with Crippen molar-refractivity contribution >= 4 is 34.1 Å². The van der Waals surface area contributed by atoms with Gasteiger partial charge in [-0.25, -0.2) is 0 Å². The van der Waals surface area contributed by atoms with Gasteiger partial charge in [0.2, 0.25) is 0 Å². The molecule has 2 aliphatic rings. The van der Waals surface area contributed by atoms with Crippen molar-refractivity contribution in [3.63, 3.8) is 0 Å². The smallest absolute Gasteiger partial charge is 0.0714 e. The minimum absolute atomic E-state index is 0.591. The molecule has 0 amide bonds. The molecular weight excluding hydrogens is 1250 g/mol. The van der Waals surface area contributed by atoms with Gasteiger partial charge in [-0.15, -0.1) is 0 Å². The van der Waals surface area contributed by atoms with Crippen molar-refractivity contribution in [3.8, 4) is 77.9 Å². The largest absolute Gasteiger partial charge is 0.309 e. The number of nitrogens with zero attached hydrogens (tertiary/aromatic N) is 2. The molecule has 0 N–H and O–H groups in total. The number of hydrogen-bond acceptors (Lipinski definition) is 2. The Balaban J connectivity index is 0.805. The lowest BCUT2D eigenvalue weighted by Gasteiger charge is -2.36. The van der Waals surface area contributed by atoms with Crippen molar-refractivity contribution in [3.05, 3.63) is 455 Å². The summed E-state index contributed by atoms with van der Waals surface area (Å²) in [7, 11) is 0. The summed E-state index contributed by atoms with van der Waals surface area (Å²) < 4.78 is 0. The SMILES string of the molecule is Cc1cc(-c2ccc(N(c3ccc4c(c3)C(c3ccccc3)(c3ccccc3)c3ccccc3-4)c3c(C)cccc3-c3ccc(-c4ccccc4)cc3)c(C)c2)ccc1N(c1ccc2c(c1)C(c1ccccc1)(c1ccccc1)c1ccccc1-2)c1c(C)cccc1-c1ccc(-c2ccccc2)cc1. The van der Waals surface area contributed by atoms with Crippen LogP contribution in [0.2, 0.25) is 0 Å². The molecule has 2 aliphatic carbocycles. The van der Waals surface area contributed by atoms with Crippen molar-refractivity contribution in [2.45, 2.75) is 38.5 Å². The summed E-state index contributed by atoms with van der Waals surface area (Å²) in [5.41, 5.74) is 36.9. The van der Waals surface area contributed by atoms with Crippen LogP contribution in [0, 0.1) is 27.7 Å². The topological polar surface area (TPSA) is 6.48 Å². The maximum Gasteiger partial charge on any atom is 0.0714 e. The molecule has 18 rings (SSSR count). The first kappa shape index (κ1) is 63.3. The second kappa shape index (κ2) is 26.3. The number of benzene rings is 16. The molecule has 16 aromatic carbocycles. The van der Waals surface area contributed by atoms with E-state index in [0.717, 1.165) is 78.6 Å². The average molecular weight is 1330 g/mol. The van der Waals surface area contributed by atoms with Gasteiger partial charge in [0.15, 0.2) is 0 Å². The fourth-order valence-corrected chi connectivity index (χ4v) is 17.4. The molecule has 2 heteroatoms. The van der Waals surface area contributed by atoms with Crippen LogP contribution in [-0.4, -0.2) is 0 Å². The van der Waals surface area contributed by atoms with Crippen LogP contribution in [0.3, 0.4) is 0 Å². The number of aryl methyl sites for hydroxylation is 4. The van der Waals surface area contributed by atoms with Crippen molar-refractivity contribution in [1.29, 1.82) is 0 Å². The van der Waals surface area contributed by atoms with Crippen LogP contribution in [0.4, 0.5) is 34.1 Å². The lowest BCUT2D eigenvalue weighted by atomic mass is 9.67. The van der Waals surface area contributed by atoms with E-state index < -0.39 is 10.8 Å². The first-order valence-corrected chi connectivity index (χ1v) is 36.3. The van der Waals surface area contributed by atoms with Crippen LogP contribution in [0.1, 0.15) is 66.8 Å². The van der Waals surface area contributed by atoms with E-state index in [1.54, 1.807) is 0 Å². The van der Waals surface area contributed by atoms with E-state index in [1.807, 2.05) is 0 Å². The summed E-state index contributed by atoms with van der Waals surface area (Å²) >= 11 is 0. The van der Waals surface area contributed by atoms with Gasteiger partial charge in [0.25, 0.3) is 0 Å². The number of para-hydroxylation sites is 2.